The smallest absolute Gasteiger partial charge is 0.253 e. The van der Waals surface area contributed by atoms with Crippen LogP contribution in [0.25, 0.3) is 0 Å². The molecule has 1 unspecified atom stereocenters. The van der Waals surface area contributed by atoms with Gasteiger partial charge in [0.25, 0.3) is 5.91 Å². The average Bonchev–Trinajstić information content (AvgIpc) is 2.73. The zero-order valence-corrected chi connectivity index (χ0v) is 17.4. The Bertz CT molecular complexity index is 666. The standard InChI is InChI=1S/C22H33N3O3/c1-4-13-24(14-5-2)22(28)17-9-11-19(12-10-17)23-21(27)18-8-7-15-25(16-18)20(26)6-3/h9-12,18H,4-8,13-16H2,1-3H3,(H,23,27). The molecule has 0 bridgehead atoms. The van der Waals surface area contributed by atoms with Crippen molar-refractivity contribution in [2.45, 2.75) is 52.9 Å². The third-order valence-electron chi connectivity index (χ3n) is 5.12. The molecule has 154 valence electrons. The number of hydrogen-bond acceptors (Lipinski definition) is 3. The van der Waals surface area contributed by atoms with Crippen LogP contribution in [0.4, 0.5) is 5.69 Å². The van der Waals surface area contributed by atoms with Gasteiger partial charge in [0, 0.05) is 43.9 Å². The Balaban J connectivity index is 1.97. The molecule has 1 aromatic carbocycles. The lowest BCUT2D eigenvalue weighted by molar-refractivity contribution is -0.134. The van der Waals surface area contributed by atoms with Gasteiger partial charge in [0.1, 0.15) is 0 Å². The van der Waals surface area contributed by atoms with Crippen molar-refractivity contribution in [2.24, 2.45) is 5.92 Å². The van der Waals surface area contributed by atoms with Crippen LogP contribution in [0.1, 0.15) is 63.2 Å². The van der Waals surface area contributed by atoms with Gasteiger partial charge in [-0.2, -0.15) is 0 Å². The van der Waals surface area contributed by atoms with E-state index >= 15 is 0 Å². The first-order valence-corrected chi connectivity index (χ1v) is 10.5. The van der Waals surface area contributed by atoms with Crippen LogP contribution in [0, 0.1) is 5.92 Å². The fourth-order valence-electron chi connectivity index (χ4n) is 3.62. The van der Waals surface area contributed by atoms with Gasteiger partial charge in [0.15, 0.2) is 0 Å². The van der Waals surface area contributed by atoms with Gasteiger partial charge in [-0.1, -0.05) is 20.8 Å². The Labute approximate surface area is 168 Å². The second kappa shape index (κ2) is 10.8. The molecular formula is C22H33N3O3. The summed E-state index contributed by atoms with van der Waals surface area (Å²) in [6, 6.07) is 7.09. The van der Waals surface area contributed by atoms with Gasteiger partial charge >= 0.3 is 0 Å². The number of nitrogens with one attached hydrogen (secondary N) is 1. The molecular weight excluding hydrogens is 354 g/mol. The molecule has 0 aromatic heterocycles. The van der Waals surface area contributed by atoms with Crippen LogP contribution >= 0.6 is 0 Å². The van der Waals surface area contributed by atoms with E-state index in [1.165, 1.54) is 0 Å². The van der Waals surface area contributed by atoms with E-state index in [0.717, 1.165) is 45.3 Å². The molecule has 1 saturated heterocycles. The van der Waals surface area contributed by atoms with Crippen LogP contribution in [0.3, 0.4) is 0 Å². The lowest BCUT2D eigenvalue weighted by Gasteiger charge is -2.31. The molecule has 3 amide bonds. The number of rotatable bonds is 8. The lowest BCUT2D eigenvalue weighted by atomic mass is 9.96. The van der Waals surface area contributed by atoms with E-state index < -0.39 is 0 Å². The molecule has 1 aromatic rings. The van der Waals surface area contributed by atoms with Crippen molar-refractivity contribution in [3.05, 3.63) is 29.8 Å². The van der Waals surface area contributed by atoms with Gasteiger partial charge in [-0.3, -0.25) is 14.4 Å². The van der Waals surface area contributed by atoms with E-state index in [2.05, 4.69) is 19.2 Å². The Morgan fingerprint density at radius 1 is 1.07 bits per heavy atom. The average molecular weight is 388 g/mol. The van der Waals surface area contributed by atoms with Crippen LogP contribution in [-0.4, -0.2) is 53.7 Å². The van der Waals surface area contributed by atoms with Crippen LogP contribution in [-0.2, 0) is 9.59 Å². The number of anilines is 1. The number of hydrogen-bond donors (Lipinski definition) is 1. The molecule has 1 fully saturated rings. The number of carbonyl (C=O) groups excluding carboxylic acids is 3. The maximum absolute atomic E-state index is 12.6. The number of amides is 3. The molecule has 1 aliphatic rings. The van der Waals surface area contributed by atoms with E-state index in [1.54, 1.807) is 29.2 Å². The molecule has 1 N–H and O–H groups in total. The summed E-state index contributed by atoms with van der Waals surface area (Å²) >= 11 is 0. The van der Waals surface area contributed by atoms with Crippen molar-refractivity contribution < 1.29 is 14.4 Å². The summed E-state index contributed by atoms with van der Waals surface area (Å²) in [5.74, 6) is -0.118. The fraction of sp³-hybridized carbons (Fsp3) is 0.591. The van der Waals surface area contributed by atoms with Gasteiger partial charge in [-0.15, -0.1) is 0 Å². The summed E-state index contributed by atoms with van der Waals surface area (Å²) in [7, 11) is 0. The van der Waals surface area contributed by atoms with Crippen molar-refractivity contribution >= 4 is 23.4 Å². The number of benzene rings is 1. The second-order valence-corrected chi connectivity index (χ2v) is 7.39. The van der Waals surface area contributed by atoms with Gasteiger partial charge < -0.3 is 15.1 Å². The maximum Gasteiger partial charge on any atom is 0.253 e. The largest absolute Gasteiger partial charge is 0.342 e. The molecule has 1 atom stereocenters. The van der Waals surface area contributed by atoms with Crippen molar-refractivity contribution in [1.82, 2.24) is 9.80 Å². The first-order valence-electron chi connectivity index (χ1n) is 10.5. The van der Waals surface area contributed by atoms with Gasteiger partial charge in [-0.25, -0.2) is 0 Å². The third-order valence-corrected chi connectivity index (χ3v) is 5.12. The van der Waals surface area contributed by atoms with E-state index in [4.69, 9.17) is 0 Å². The maximum atomic E-state index is 12.6. The first-order chi connectivity index (χ1) is 13.5. The minimum absolute atomic E-state index is 0.0302. The van der Waals surface area contributed by atoms with Crippen LogP contribution in [0.5, 0.6) is 0 Å². The summed E-state index contributed by atoms with van der Waals surface area (Å²) < 4.78 is 0. The van der Waals surface area contributed by atoms with Crippen molar-refractivity contribution in [3.8, 4) is 0 Å². The van der Waals surface area contributed by atoms with Crippen molar-refractivity contribution in [1.29, 1.82) is 0 Å². The SMILES string of the molecule is CCCN(CCC)C(=O)c1ccc(NC(=O)C2CCCN(C(=O)CC)C2)cc1. The highest BCUT2D eigenvalue weighted by atomic mass is 16.2. The van der Waals surface area contributed by atoms with Crippen molar-refractivity contribution in [3.63, 3.8) is 0 Å². The highest BCUT2D eigenvalue weighted by Crippen LogP contribution is 2.20. The Morgan fingerprint density at radius 3 is 2.29 bits per heavy atom. The van der Waals surface area contributed by atoms with Crippen LogP contribution in [0.15, 0.2) is 24.3 Å². The Kier molecular flexibility index (Phi) is 8.48. The van der Waals surface area contributed by atoms with E-state index in [-0.39, 0.29) is 23.6 Å². The summed E-state index contributed by atoms with van der Waals surface area (Å²) in [4.78, 5) is 40.8. The molecule has 0 aliphatic carbocycles. The number of piperidine rings is 1. The quantitative estimate of drug-likeness (QED) is 0.742. The van der Waals surface area contributed by atoms with Gasteiger partial charge in [0.05, 0.1) is 5.92 Å². The topological polar surface area (TPSA) is 69.7 Å². The summed E-state index contributed by atoms with van der Waals surface area (Å²) in [5, 5.41) is 2.93. The molecule has 2 rings (SSSR count). The Hall–Kier alpha value is -2.37. The highest BCUT2D eigenvalue weighted by molar-refractivity contribution is 5.96. The van der Waals surface area contributed by atoms with E-state index in [0.29, 0.717) is 24.2 Å². The second-order valence-electron chi connectivity index (χ2n) is 7.39. The number of likely N-dealkylation sites (tertiary alicyclic amines) is 1. The van der Waals surface area contributed by atoms with E-state index in [9.17, 15) is 14.4 Å². The molecule has 0 saturated carbocycles. The predicted octanol–water partition coefficient (Wildman–Crippen LogP) is 3.54. The van der Waals surface area contributed by atoms with Crippen LogP contribution < -0.4 is 5.32 Å². The van der Waals surface area contributed by atoms with Crippen molar-refractivity contribution in [2.75, 3.05) is 31.5 Å². The lowest BCUT2D eigenvalue weighted by Crippen LogP contribution is -2.43. The summed E-state index contributed by atoms with van der Waals surface area (Å²) in [6.45, 7) is 8.69. The monoisotopic (exact) mass is 387 g/mol. The summed E-state index contributed by atoms with van der Waals surface area (Å²) in [6.07, 6.45) is 3.97. The van der Waals surface area contributed by atoms with Gasteiger partial charge in [-0.05, 0) is 49.9 Å². The molecule has 6 heteroatoms. The van der Waals surface area contributed by atoms with Gasteiger partial charge in [0.2, 0.25) is 11.8 Å². The first kappa shape index (κ1) is 21.9. The molecule has 0 spiro atoms. The highest BCUT2D eigenvalue weighted by Gasteiger charge is 2.27. The predicted molar refractivity (Wildman–Crippen MR) is 111 cm³/mol. The van der Waals surface area contributed by atoms with Crippen LogP contribution in [0.2, 0.25) is 0 Å². The molecule has 6 nitrogen and oxygen atoms in total. The molecule has 28 heavy (non-hydrogen) atoms. The Morgan fingerprint density at radius 2 is 1.71 bits per heavy atom. The third kappa shape index (κ3) is 5.81. The zero-order valence-electron chi connectivity index (χ0n) is 17.4. The molecule has 1 aliphatic heterocycles. The summed E-state index contributed by atoms with van der Waals surface area (Å²) in [5.41, 5.74) is 1.32. The fourth-order valence-corrected chi connectivity index (χ4v) is 3.62. The minimum atomic E-state index is -0.185. The number of nitrogens with zero attached hydrogens (tertiary/aromatic N) is 2. The molecule has 1 heterocycles. The number of carbonyl (C=O) groups is 3. The minimum Gasteiger partial charge on any atom is -0.342 e. The van der Waals surface area contributed by atoms with E-state index in [1.807, 2.05) is 11.8 Å². The molecule has 0 radical (unpaired) electrons. The zero-order chi connectivity index (χ0) is 20.5. The normalized spacial score (nSPS) is 16.5.